The highest BCUT2D eigenvalue weighted by molar-refractivity contribution is 7.09. The second kappa shape index (κ2) is 9.38. The molecule has 0 saturated carbocycles. The van der Waals surface area contributed by atoms with Gasteiger partial charge in [0.15, 0.2) is 5.82 Å². The lowest BCUT2D eigenvalue weighted by Gasteiger charge is -2.34. The molecule has 0 unspecified atom stereocenters. The van der Waals surface area contributed by atoms with E-state index < -0.39 is 5.60 Å². The van der Waals surface area contributed by atoms with E-state index in [1.165, 1.54) is 0 Å². The van der Waals surface area contributed by atoms with Crippen LogP contribution in [0.4, 0.5) is 0 Å². The molecule has 9 heteroatoms. The number of hydrogen-bond donors (Lipinski definition) is 1. The van der Waals surface area contributed by atoms with Crippen molar-refractivity contribution in [3.05, 3.63) is 63.6 Å². The van der Waals surface area contributed by atoms with Gasteiger partial charge < -0.3 is 14.6 Å². The Labute approximate surface area is 215 Å². The van der Waals surface area contributed by atoms with Gasteiger partial charge in [0.1, 0.15) is 5.60 Å². The molecule has 5 rings (SSSR count). The van der Waals surface area contributed by atoms with E-state index in [1.54, 1.807) is 31.4 Å². The van der Waals surface area contributed by atoms with Gasteiger partial charge in [-0.3, -0.25) is 9.69 Å². The molecule has 1 saturated heterocycles. The molecule has 0 bridgehead atoms. The maximum Gasteiger partial charge on any atom is 0.254 e. The number of aromatic nitrogens is 4. The van der Waals surface area contributed by atoms with Crippen molar-refractivity contribution in [1.82, 2.24) is 29.3 Å². The van der Waals surface area contributed by atoms with Crippen molar-refractivity contribution < 1.29 is 9.90 Å². The average Bonchev–Trinajstić information content (AvgIpc) is 3.40. The topological polar surface area (TPSA) is 87.4 Å². The Hall–Kier alpha value is -3.14. The molecule has 0 atom stereocenters. The molecule has 1 aliphatic rings. The number of rotatable bonds is 5. The van der Waals surface area contributed by atoms with E-state index in [9.17, 15) is 9.90 Å². The summed E-state index contributed by atoms with van der Waals surface area (Å²) < 4.78 is 2.05. The van der Waals surface area contributed by atoms with Crippen molar-refractivity contribution in [2.24, 2.45) is 7.05 Å². The van der Waals surface area contributed by atoms with E-state index in [1.807, 2.05) is 44.1 Å². The summed E-state index contributed by atoms with van der Waals surface area (Å²) in [5.41, 5.74) is 4.31. The number of carbonyl (C=O) groups is 1. The lowest BCUT2D eigenvalue weighted by molar-refractivity contribution is 0.0626. The highest BCUT2D eigenvalue weighted by Gasteiger charge is 2.25. The first kappa shape index (κ1) is 24.5. The third-order valence-corrected chi connectivity index (χ3v) is 7.58. The molecule has 1 aliphatic heterocycles. The summed E-state index contributed by atoms with van der Waals surface area (Å²) in [6.45, 7) is 11.3. The molecule has 0 aliphatic carbocycles. The van der Waals surface area contributed by atoms with Crippen molar-refractivity contribution in [1.29, 1.82) is 0 Å². The normalized spacial score (nSPS) is 15.1. The number of carbonyl (C=O) groups excluding carboxylic acids is 1. The molecule has 4 heterocycles. The van der Waals surface area contributed by atoms with Crippen LogP contribution in [0.3, 0.4) is 0 Å². The van der Waals surface area contributed by atoms with Crippen molar-refractivity contribution in [3.63, 3.8) is 0 Å². The first-order chi connectivity index (χ1) is 17.1. The van der Waals surface area contributed by atoms with Gasteiger partial charge in [0.05, 0.1) is 16.4 Å². The molecule has 0 radical (unpaired) electrons. The minimum atomic E-state index is -1.14. The number of benzene rings is 1. The van der Waals surface area contributed by atoms with Gasteiger partial charge in [-0.2, -0.15) is 0 Å². The van der Waals surface area contributed by atoms with Gasteiger partial charge >= 0.3 is 0 Å². The van der Waals surface area contributed by atoms with E-state index >= 15 is 0 Å². The maximum atomic E-state index is 13.6. The lowest BCUT2D eigenvalue weighted by atomic mass is 10.0. The van der Waals surface area contributed by atoms with Gasteiger partial charge in [0.2, 0.25) is 0 Å². The molecule has 0 spiro atoms. The minimum absolute atomic E-state index is 0.0632. The fourth-order valence-corrected chi connectivity index (χ4v) is 5.36. The average molecular weight is 505 g/mol. The molecule has 8 nitrogen and oxygen atoms in total. The molecular weight excluding hydrogens is 472 g/mol. The van der Waals surface area contributed by atoms with Crippen LogP contribution in [-0.4, -0.2) is 66.5 Å². The quantitative estimate of drug-likeness (QED) is 0.444. The van der Waals surface area contributed by atoms with Crippen molar-refractivity contribution in [2.75, 3.05) is 26.2 Å². The van der Waals surface area contributed by atoms with E-state index in [-0.39, 0.29) is 5.91 Å². The Morgan fingerprint density at radius 3 is 2.56 bits per heavy atom. The Balaban J connectivity index is 1.40. The number of thiazole rings is 1. The Morgan fingerprint density at radius 2 is 1.89 bits per heavy atom. The van der Waals surface area contributed by atoms with Gasteiger partial charge in [-0.15, -0.1) is 11.3 Å². The van der Waals surface area contributed by atoms with Gasteiger partial charge in [-0.1, -0.05) is 0 Å². The van der Waals surface area contributed by atoms with Gasteiger partial charge in [-0.25, -0.2) is 15.0 Å². The first-order valence-electron chi connectivity index (χ1n) is 12.2. The molecule has 1 N–H and O–H groups in total. The highest BCUT2D eigenvalue weighted by Crippen LogP contribution is 2.32. The number of nitrogens with zero attached hydrogens (tertiary/aromatic N) is 6. The second-order valence-electron chi connectivity index (χ2n) is 10.1. The first-order valence-corrected chi connectivity index (χ1v) is 13.1. The smallest absolute Gasteiger partial charge is 0.254 e. The monoisotopic (exact) mass is 504 g/mol. The summed E-state index contributed by atoms with van der Waals surface area (Å²) in [7, 11) is 1.99. The SMILES string of the molecule is Cc1nc(CN2CCN(C(=O)c3cc4c(-c5ccnc(C(C)(C)O)n5)cn(C)c4cc3C)CC2)cs1. The molecule has 1 amide bonds. The number of amides is 1. The van der Waals surface area contributed by atoms with Crippen LogP contribution in [-0.2, 0) is 19.2 Å². The van der Waals surface area contributed by atoms with Gasteiger partial charge in [0.25, 0.3) is 5.91 Å². The Bertz CT molecular complexity index is 1430. The summed E-state index contributed by atoms with van der Waals surface area (Å²) in [5.74, 6) is 0.430. The van der Waals surface area contributed by atoms with Crippen molar-refractivity contribution >= 4 is 28.1 Å². The molecular formula is C27H32N6O2S. The standard InChI is InChI=1S/C27H32N6O2S/c1-17-12-24-21(22(15-31(24)5)23-6-7-28-26(30-23)27(3,4)35)13-20(17)25(34)33-10-8-32(9-11-33)14-19-16-36-18(2)29-19/h6-7,12-13,15-16,35H,8-11,14H2,1-5H3. The van der Waals surface area contributed by atoms with E-state index in [4.69, 9.17) is 0 Å². The predicted molar refractivity (Wildman–Crippen MR) is 142 cm³/mol. The van der Waals surface area contributed by atoms with Crippen LogP contribution >= 0.6 is 11.3 Å². The highest BCUT2D eigenvalue weighted by atomic mass is 32.1. The van der Waals surface area contributed by atoms with Crippen molar-refractivity contribution in [3.8, 4) is 11.3 Å². The second-order valence-corrected chi connectivity index (χ2v) is 11.2. The van der Waals surface area contributed by atoms with Gasteiger partial charge in [-0.05, 0) is 51.5 Å². The van der Waals surface area contributed by atoms with Crippen LogP contribution in [0.1, 0.15) is 46.3 Å². The summed E-state index contributed by atoms with van der Waals surface area (Å²) in [6, 6.07) is 5.91. The van der Waals surface area contributed by atoms with E-state index in [0.29, 0.717) is 18.9 Å². The van der Waals surface area contributed by atoms with Crippen molar-refractivity contribution in [2.45, 2.75) is 39.8 Å². The number of aliphatic hydroxyl groups is 1. The number of piperazine rings is 1. The summed E-state index contributed by atoms with van der Waals surface area (Å²) in [5, 5.41) is 14.6. The summed E-state index contributed by atoms with van der Waals surface area (Å²) >= 11 is 1.68. The van der Waals surface area contributed by atoms with Crippen LogP contribution in [0.2, 0.25) is 0 Å². The molecule has 1 aromatic carbocycles. The number of fused-ring (bicyclic) bond motifs is 1. The fraction of sp³-hybridized carbons (Fsp3) is 0.407. The third kappa shape index (κ3) is 4.78. The predicted octanol–water partition coefficient (Wildman–Crippen LogP) is 3.89. The van der Waals surface area contributed by atoms with E-state index in [2.05, 4.69) is 35.9 Å². The minimum Gasteiger partial charge on any atom is -0.382 e. The number of aryl methyl sites for hydroxylation is 3. The van der Waals surface area contributed by atoms with Crippen LogP contribution in [0.15, 0.2) is 36.0 Å². The third-order valence-electron chi connectivity index (χ3n) is 6.76. The largest absolute Gasteiger partial charge is 0.382 e. The van der Waals surface area contributed by atoms with Crippen LogP contribution < -0.4 is 0 Å². The zero-order chi connectivity index (χ0) is 25.6. The van der Waals surface area contributed by atoms with Crippen LogP contribution in [0.5, 0.6) is 0 Å². The lowest BCUT2D eigenvalue weighted by Crippen LogP contribution is -2.48. The Morgan fingerprint density at radius 1 is 1.14 bits per heavy atom. The van der Waals surface area contributed by atoms with Crippen LogP contribution in [0, 0.1) is 13.8 Å². The van der Waals surface area contributed by atoms with E-state index in [0.717, 1.165) is 63.6 Å². The zero-order valence-electron chi connectivity index (χ0n) is 21.4. The maximum absolute atomic E-state index is 13.6. The molecule has 188 valence electrons. The molecule has 36 heavy (non-hydrogen) atoms. The molecule has 3 aromatic heterocycles. The molecule has 1 fully saturated rings. The zero-order valence-corrected chi connectivity index (χ0v) is 22.3. The summed E-state index contributed by atoms with van der Waals surface area (Å²) in [4.78, 5) is 31.4. The van der Waals surface area contributed by atoms with Gasteiger partial charge in [0, 0.05) is 79.6 Å². The van der Waals surface area contributed by atoms with Crippen LogP contribution in [0.25, 0.3) is 22.2 Å². The fourth-order valence-electron chi connectivity index (χ4n) is 4.76. The molecule has 4 aromatic rings. The summed E-state index contributed by atoms with van der Waals surface area (Å²) in [6.07, 6.45) is 3.69. The number of hydrogen-bond acceptors (Lipinski definition) is 7. The Kier molecular flexibility index (Phi) is 6.40.